The molecule has 0 aromatic carbocycles. The van der Waals surface area contributed by atoms with Crippen LogP contribution in [0.3, 0.4) is 0 Å². The standard InChI is InChI=1S/C8H15O8P/c1-2-5-7(10)6(3-15-17(12,13)14)16-8(5,11)4-9/h2,5-7,9-11H,1,3-4H2,(H2,12,13,14). The molecule has 9 heteroatoms. The summed E-state index contributed by atoms with van der Waals surface area (Å²) in [7, 11) is -4.68. The molecule has 1 heterocycles. The molecule has 0 amide bonds. The van der Waals surface area contributed by atoms with Crippen LogP contribution in [0.5, 0.6) is 0 Å². The summed E-state index contributed by atoms with van der Waals surface area (Å²) in [4.78, 5) is 17.0. The Morgan fingerprint density at radius 3 is 2.47 bits per heavy atom. The highest BCUT2D eigenvalue weighted by atomic mass is 31.2. The van der Waals surface area contributed by atoms with Gasteiger partial charge in [0.15, 0.2) is 5.79 Å². The second kappa shape index (κ2) is 5.13. The normalized spacial score (nSPS) is 38.3. The number of ether oxygens (including phenoxy) is 1. The maximum absolute atomic E-state index is 10.5. The van der Waals surface area contributed by atoms with Crippen molar-refractivity contribution in [1.29, 1.82) is 0 Å². The van der Waals surface area contributed by atoms with E-state index in [4.69, 9.17) is 19.6 Å². The lowest BCUT2D eigenvalue weighted by Crippen LogP contribution is -2.40. The molecule has 1 saturated heterocycles. The summed E-state index contributed by atoms with van der Waals surface area (Å²) in [5.74, 6) is -3.00. The number of hydrogen-bond donors (Lipinski definition) is 5. The Hall–Kier alpha value is -0.310. The van der Waals surface area contributed by atoms with Crippen LogP contribution in [0.2, 0.25) is 0 Å². The summed E-state index contributed by atoms with van der Waals surface area (Å²) in [5.41, 5.74) is 0. The van der Waals surface area contributed by atoms with Gasteiger partial charge in [0.1, 0.15) is 6.10 Å². The summed E-state index contributed by atoms with van der Waals surface area (Å²) >= 11 is 0. The molecule has 0 spiro atoms. The van der Waals surface area contributed by atoms with Crippen LogP contribution in [0.15, 0.2) is 12.7 Å². The third-order valence-corrected chi connectivity index (χ3v) is 3.00. The van der Waals surface area contributed by atoms with E-state index in [9.17, 15) is 14.8 Å². The second-order valence-corrected chi connectivity index (χ2v) is 4.94. The van der Waals surface area contributed by atoms with Crippen molar-refractivity contribution in [3.8, 4) is 0 Å². The van der Waals surface area contributed by atoms with Crippen molar-refractivity contribution in [2.75, 3.05) is 13.2 Å². The lowest BCUT2D eigenvalue weighted by atomic mass is 9.94. The van der Waals surface area contributed by atoms with Crippen molar-refractivity contribution < 1.29 is 38.9 Å². The van der Waals surface area contributed by atoms with E-state index in [0.29, 0.717) is 0 Å². The fourth-order valence-corrected chi connectivity index (χ4v) is 2.02. The minimum absolute atomic E-state index is 0.613. The first-order chi connectivity index (χ1) is 7.73. The first-order valence-electron chi connectivity index (χ1n) is 4.75. The molecule has 1 fully saturated rings. The van der Waals surface area contributed by atoms with E-state index >= 15 is 0 Å². The average Bonchev–Trinajstić information content (AvgIpc) is 2.47. The maximum Gasteiger partial charge on any atom is 0.469 e. The zero-order valence-corrected chi connectivity index (χ0v) is 9.73. The first kappa shape index (κ1) is 14.7. The van der Waals surface area contributed by atoms with Gasteiger partial charge in [-0.25, -0.2) is 4.57 Å². The van der Waals surface area contributed by atoms with Gasteiger partial charge in [0.25, 0.3) is 0 Å². The monoisotopic (exact) mass is 270 g/mol. The van der Waals surface area contributed by atoms with Gasteiger partial charge in [-0.1, -0.05) is 6.08 Å². The second-order valence-electron chi connectivity index (χ2n) is 3.70. The lowest BCUT2D eigenvalue weighted by Gasteiger charge is -2.24. The summed E-state index contributed by atoms with van der Waals surface area (Å²) < 4.78 is 19.6. The molecule has 5 N–H and O–H groups in total. The summed E-state index contributed by atoms with van der Waals surface area (Å²) in [6.07, 6.45) is -1.25. The topological polar surface area (TPSA) is 137 Å². The largest absolute Gasteiger partial charge is 0.469 e. The van der Waals surface area contributed by atoms with E-state index < -0.39 is 44.9 Å². The Morgan fingerprint density at radius 1 is 1.53 bits per heavy atom. The number of phosphoric acid groups is 1. The van der Waals surface area contributed by atoms with Crippen molar-refractivity contribution in [1.82, 2.24) is 0 Å². The molecule has 4 atom stereocenters. The van der Waals surface area contributed by atoms with E-state index in [-0.39, 0.29) is 0 Å². The molecular weight excluding hydrogens is 255 g/mol. The first-order valence-corrected chi connectivity index (χ1v) is 6.28. The van der Waals surface area contributed by atoms with Crippen LogP contribution < -0.4 is 0 Å². The van der Waals surface area contributed by atoms with Crippen molar-refractivity contribution in [2.45, 2.75) is 18.0 Å². The Bertz CT molecular complexity index is 327. The summed E-state index contributed by atoms with van der Waals surface area (Å²) in [6, 6.07) is 0. The van der Waals surface area contributed by atoms with Crippen LogP contribution in [0, 0.1) is 5.92 Å². The third kappa shape index (κ3) is 3.34. The van der Waals surface area contributed by atoms with E-state index in [2.05, 4.69) is 11.1 Å². The van der Waals surface area contributed by atoms with Crippen LogP contribution in [0.25, 0.3) is 0 Å². The highest BCUT2D eigenvalue weighted by Gasteiger charge is 2.52. The van der Waals surface area contributed by atoms with E-state index in [1.165, 1.54) is 6.08 Å². The molecule has 0 aliphatic carbocycles. The number of rotatable bonds is 5. The lowest BCUT2D eigenvalue weighted by molar-refractivity contribution is -0.228. The third-order valence-electron chi connectivity index (χ3n) is 2.51. The predicted octanol–water partition coefficient (Wildman–Crippen LogP) is -1.66. The number of aliphatic hydroxyl groups excluding tert-OH is 2. The average molecular weight is 270 g/mol. The molecule has 100 valence electrons. The fourth-order valence-electron chi connectivity index (χ4n) is 1.68. The van der Waals surface area contributed by atoms with Crippen molar-refractivity contribution >= 4 is 7.82 Å². The zero-order valence-electron chi connectivity index (χ0n) is 8.84. The Labute approximate surface area is 97.3 Å². The zero-order chi connectivity index (χ0) is 13.3. The van der Waals surface area contributed by atoms with Crippen molar-refractivity contribution in [3.63, 3.8) is 0 Å². The molecule has 0 saturated carbocycles. The molecule has 4 unspecified atom stereocenters. The Balaban J connectivity index is 2.71. The highest BCUT2D eigenvalue weighted by Crippen LogP contribution is 2.40. The SMILES string of the molecule is C=CC1C(O)C(COP(=O)(O)O)OC1(O)CO. The number of hydrogen-bond acceptors (Lipinski definition) is 6. The van der Waals surface area contributed by atoms with Gasteiger partial charge in [-0.15, -0.1) is 6.58 Å². The Kier molecular flexibility index (Phi) is 4.45. The predicted molar refractivity (Wildman–Crippen MR) is 54.6 cm³/mol. The molecule has 8 nitrogen and oxygen atoms in total. The van der Waals surface area contributed by atoms with Gasteiger partial charge >= 0.3 is 7.82 Å². The van der Waals surface area contributed by atoms with Gasteiger partial charge in [0.2, 0.25) is 0 Å². The molecule has 1 rings (SSSR count). The van der Waals surface area contributed by atoms with Crippen LogP contribution in [0.1, 0.15) is 0 Å². The van der Waals surface area contributed by atoms with Gasteiger partial charge in [-0.2, -0.15) is 0 Å². The smallest absolute Gasteiger partial charge is 0.391 e. The minimum atomic E-state index is -4.68. The van der Waals surface area contributed by atoms with E-state index in [0.717, 1.165) is 0 Å². The molecule has 1 aliphatic heterocycles. The van der Waals surface area contributed by atoms with Crippen LogP contribution in [-0.4, -0.2) is 56.3 Å². The van der Waals surface area contributed by atoms with Gasteiger partial charge < -0.3 is 29.8 Å². The van der Waals surface area contributed by atoms with Gasteiger partial charge in [0, 0.05) is 0 Å². The van der Waals surface area contributed by atoms with E-state index in [1.807, 2.05) is 0 Å². The maximum atomic E-state index is 10.5. The van der Waals surface area contributed by atoms with Gasteiger partial charge in [0.05, 0.1) is 25.2 Å². The van der Waals surface area contributed by atoms with Gasteiger partial charge in [-0.3, -0.25) is 4.52 Å². The van der Waals surface area contributed by atoms with Crippen LogP contribution >= 0.6 is 7.82 Å². The van der Waals surface area contributed by atoms with Crippen LogP contribution in [-0.2, 0) is 13.8 Å². The van der Waals surface area contributed by atoms with Gasteiger partial charge in [-0.05, 0) is 0 Å². The molecule has 17 heavy (non-hydrogen) atoms. The van der Waals surface area contributed by atoms with E-state index in [1.54, 1.807) is 0 Å². The summed E-state index contributed by atoms with van der Waals surface area (Å²) in [6.45, 7) is 1.98. The number of phosphoric ester groups is 1. The molecule has 1 aliphatic rings. The van der Waals surface area contributed by atoms with Crippen LogP contribution in [0.4, 0.5) is 0 Å². The highest BCUT2D eigenvalue weighted by molar-refractivity contribution is 7.46. The molecule has 0 bridgehead atoms. The quantitative estimate of drug-likeness (QED) is 0.296. The number of aliphatic hydroxyl groups is 3. The molecule has 0 aromatic rings. The minimum Gasteiger partial charge on any atom is -0.391 e. The molecular formula is C8H15O8P. The fraction of sp³-hybridized carbons (Fsp3) is 0.750. The molecule has 0 aromatic heterocycles. The molecule has 0 radical (unpaired) electrons. The summed E-state index contributed by atoms with van der Waals surface area (Å²) in [5, 5.41) is 28.5. The Morgan fingerprint density at radius 2 is 2.12 bits per heavy atom. The van der Waals surface area contributed by atoms with Crippen molar-refractivity contribution in [3.05, 3.63) is 12.7 Å². The van der Waals surface area contributed by atoms with Crippen molar-refractivity contribution in [2.24, 2.45) is 5.92 Å².